The van der Waals surface area contributed by atoms with Gasteiger partial charge in [-0.3, -0.25) is 23.4 Å². The Morgan fingerprint density at radius 1 is 0.974 bits per heavy atom. The van der Waals surface area contributed by atoms with Crippen molar-refractivity contribution in [2.24, 2.45) is 0 Å². The van der Waals surface area contributed by atoms with Crippen molar-refractivity contribution in [2.45, 2.75) is 128 Å². The number of phosphoric ester groups is 1. The second-order valence-corrected chi connectivity index (χ2v) is 11.6. The van der Waals surface area contributed by atoms with Gasteiger partial charge in [-0.1, -0.05) is 96.8 Å². The van der Waals surface area contributed by atoms with Gasteiger partial charge in [0.2, 0.25) is 5.82 Å². The average molecular weight is 565 g/mol. The Morgan fingerprint density at radius 3 is 2.05 bits per heavy atom. The molecule has 1 aromatic rings. The van der Waals surface area contributed by atoms with E-state index < -0.39 is 49.9 Å². The quantitative estimate of drug-likeness (QED) is 0.134. The normalized spacial score (nSPS) is 21.1. The van der Waals surface area contributed by atoms with Gasteiger partial charge < -0.3 is 14.7 Å². The monoisotopic (exact) mass is 564 g/mol. The summed E-state index contributed by atoms with van der Waals surface area (Å²) in [5.74, 6) is -1.17. The molecule has 0 aliphatic carbocycles. The van der Waals surface area contributed by atoms with Crippen LogP contribution in [-0.4, -0.2) is 45.0 Å². The van der Waals surface area contributed by atoms with Crippen LogP contribution in [0.2, 0.25) is 0 Å². The maximum Gasteiger partial charge on any atom is 0.472 e. The Morgan fingerprint density at radius 2 is 1.50 bits per heavy atom. The lowest BCUT2D eigenvalue weighted by atomic mass is 10.0. The molecule has 1 fully saturated rings. The number of hydrogen-bond donors (Lipinski definition) is 3. The van der Waals surface area contributed by atoms with Gasteiger partial charge in [0, 0.05) is 6.42 Å². The number of rotatable bonds is 21. The summed E-state index contributed by atoms with van der Waals surface area (Å²) in [6.07, 6.45) is 15.7. The smallest absolute Gasteiger partial charge is 0.390 e. The van der Waals surface area contributed by atoms with E-state index >= 15 is 0 Å². The molecular formula is C26H46FN2O8P. The van der Waals surface area contributed by atoms with Crippen molar-refractivity contribution < 1.29 is 32.7 Å². The first-order valence-corrected chi connectivity index (χ1v) is 15.7. The highest BCUT2D eigenvalue weighted by molar-refractivity contribution is 7.47. The van der Waals surface area contributed by atoms with E-state index in [-0.39, 0.29) is 13.0 Å². The van der Waals surface area contributed by atoms with Crippen LogP contribution in [0.25, 0.3) is 0 Å². The predicted molar refractivity (Wildman–Crippen MR) is 142 cm³/mol. The van der Waals surface area contributed by atoms with Crippen molar-refractivity contribution in [1.29, 1.82) is 0 Å². The van der Waals surface area contributed by atoms with Crippen LogP contribution in [0.3, 0.4) is 0 Å². The number of hydrogen-bond acceptors (Lipinski definition) is 7. The molecule has 1 saturated heterocycles. The molecule has 1 unspecified atom stereocenters. The van der Waals surface area contributed by atoms with Gasteiger partial charge in [0.05, 0.1) is 25.5 Å². The molecule has 10 nitrogen and oxygen atoms in total. The number of H-pyrrole nitrogens is 1. The Labute approximate surface area is 224 Å². The highest BCUT2D eigenvalue weighted by Gasteiger charge is 2.37. The molecular weight excluding hydrogens is 518 g/mol. The number of phosphoric acid groups is 1. The van der Waals surface area contributed by atoms with Crippen LogP contribution in [0, 0.1) is 5.82 Å². The molecule has 0 aromatic carbocycles. The van der Waals surface area contributed by atoms with Crippen molar-refractivity contribution in [1.82, 2.24) is 9.55 Å². The first kappa shape index (κ1) is 32.8. The molecule has 4 atom stereocenters. The van der Waals surface area contributed by atoms with Crippen molar-refractivity contribution >= 4 is 7.82 Å². The molecule has 38 heavy (non-hydrogen) atoms. The Balaban J connectivity index is 1.49. The van der Waals surface area contributed by atoms with Crippen LogP contribution in [-0.2, 0) is 18.3 Å². The average Bonchev–Trinajstić information content (AvgIpc) is 3.25. The zero-order valence-corrected chi connectivity index (χ0v) is 23.5. The summed E-state index contributed by atoms with van der Waals surface area (Å²) < 4.78 is 41.9. The molecule has 2 heterocycles. The van der Waals surface area contributed by atoms with Crippen molar-refractivity contribution in [3.05, 3.63) is 32.9 Å². The van der Waals surface area contributed by atoms with Gasteiger partial charge in [-0.15, -0.1) is 0 Å². The molecule has 1 aliphatic rings. The fraction of sp³-hybridized carbons (Fsp3) is 0.846. The molecule has 1 aromatic heterocycles. The highest BCUT2D eigenvalue weighted by atomic mass is 31.2. The van der Waals surface area contributed by atoms with Crippen LogP contribution in [0.5, 0.6) is 0 Å². The zero-order valence-electron chi connectivity index (χ0n) is 22.7. The summed E-state index contributed by atoms with van der Waals surface area (Å²) in [7, 11) is -4.34. The van der Waals surface area contributed by atoms with E-state index in [1.54, 1.807) is 0 Å². The lowest BCUT2D eigenvalue weighted by Gasteiger charge is -2.18. The van der Waals surface area contributed by atoms with Crippen LogP contribution in [0.4, 0.5) is 4.39 Å². The fourth-order valence-electron chi connectivity index (χ4n) is 4.57. The number of ether oxygens (including phenoxy) is 1. The maximum atomic E-state index is 13.5. The predicted octanol–water partition coefficient (Wildman–Crippen LogP) is 5.33. The third-order valence-electron chi connectivity index (χ3n) is 6.84. The summed E-state index contributed by atoms with van der Waals surface area (Å²) >= 11 is 0. The topological polar surface area (TPSA) is 140 Å². The zero-order chi connectivity index (χ0) is 27.8. The van der Waals surface area contributed by atoms with Gasteiger partial charge in [-0.2, -0.15) is 4.39 Å². The summed E-state index contributed by atoms with van der Waals surface area (Å²) in [6, 6.07) is 0. The number of halogens is 1. The van der Waals surface area contributed by atoms with E-state index in [1.165, 1.54) is 70.6 Å². The van der Waals surface area contributed by atoms with Gasteiger partial charge in [0.15, 0.2) is 0 Å². The minimum Gasteiger partial charge on any atom is -0.390 e. The first-order valence-electron chi connectivity index (χ1n) is 14.2. The standard InChI is InChI=1S/C26H46FN2O8P/c1-2-3-4-5-6-7-8-9-10-11-12-13-14-15-16-17-35-38(33,34)36-20-23-22(30)18-24(37-23)29-19-21(27)25(31)28-26(29)32/h19,22-24,30H,2-18,20H2,1H3,(H,33,34)(H,28,31,32)/t22-,23+,24+/m0/s1. The third-order valence-corrected chi connectivity index (χ3v) is 7.83. The molecule has 0 radical (unpaired) electrons. The molecule has 1 aliphatic heterocycles. The van der Waals surface area contributed by atoms with E-state index in [9.17, 15) is 28.5 Å². The van der Waals surface area contributed by atoms with Crippen molar-refractivity contribution in [3.63, 3.8) is 0 Å². The van der Waals surface area contributed by atoms with E-state index in [0.29, 0.717) is 12.6 Å². The number of aromatic nitrogens is 2. The lowest BCUT2D eigenvalue weighted by Crippen LogP contribution is -2.34. The third kappa shape index (κ3) is 12.7. The lowest BCUT2D eigenvalue weighted by molar-refractivity contribution is -0.0468. The van der Waals surface area contributed by atoms with Gasteiger partial charge in [0.25, 0.3) is 5.56 Å². The number of nitrogens with zero attached hydrogens (tertiary/aromatic N) is 1. The largest absolute Gasteiger partial charge is 0.472 e. The number of aliphatic hydroxyl groups is 1. The minimum atomic E-state index is -4.34. The molecule has 0 amide bonds. The number of unbranched alkanes of at least 4 members (excludes halogenated alkanes) is 14. The second kappa shape index (κ2) is 18.1. The number of nitrogens with one attached hydrogen (secondary N) is 1. The van der Waals surface area contributed by atoms with Crippen molar-refractivity contribution in [3.8, 4) is 0 Å². The number of aromatic amines is 1. The molecule has 3 N–H and O–H groups in total. The molecule has 0 bridgehead atoms. The minimum absolute atomic E-state index is 0.0782. The Bertz CT molecular complexity index is 956. The van der Waals surface area contributed by atoms with E-state index in [0.717, 1.165) is 23.8 Å². The molecule has 0 spiro atoms. The summed E-state index contributed by atoms with van der Waals surface area (Å²) in [5, 5.41) is 10.2. The highest BCUT2D eigenvalue weighted by Crippen LogP contribution is 2.44. The van der Waals surface area contributed by atoms with Crippen LogP contribution < -0.4 is 11.2 Å². The second-order valence-electron chi connectivity index (χ2n) is 10.1. The van der Waals surface area contributed by atoms with E-state index in [4.69, 9.17) is 13.8 Å². The van der Waals surface area contributed by atoms with Gasteiger partial charge in [0.1, 0.15) is 12.3 Å². The molecule has 2 rings (SSSR count). The Kier molecular flexibility index (Phi) is 15.6. The summed E-state index contributed by atoms with van der Waals surface area (Å²) in [4.78, 5) is 34.8. The van der Waals surface area contributed by atoms with Gasteiger partial charge in [-0.05, 0) is 6.42 Å². The van der Waals surface area contributed by atoms with Crippen molar-refractivity contribution in [2.75, 3.05) is 13.2 Å². The summed E-state index contributed by atoms with van der Waals surface area (Å²) in [6.45, 7) is 1.87. The molecule has 220 valence electrons. The Hall–Kier alpha value is -1.36. The SMILES string of the molecule is CCCCCCCCCCCCCCCCCOP(=O)(O)OC[C@H]1O[C@@H](n2cc(F)c(=O)[nH]c2=O)C[C@@H]1O. The van der Waals surface area contributed by atoms with E-state index in [1.807, 2.05) is 4.98 Å². The van der Waals surface area contributed by atoms with Crippen LogP contribution in [0.15, 0.2) is 15.8 Å². The van der Waals surface area contributed by atoms with Crippen LogP contribution in [0.1, 0.15) is 116 Å². The van der Waals surface area contributed by atoms with Gasteiger partial charge in [-0.25, -0.2) is 9.36 Å². The molecule has 0 saturated carbocycles. The first-order chi connectivity index (χ1) is 18.2. The summed E-state index contributed by atoms with van der Waals surface area (Å²) in [5.41, 5.74) is -2.05. The van der Waals surface area contributed by atoms with E-state index in [2.05, 4.69) is 6.92 Å². The molecule has 12 heteroatoms. The fourth-order valence-corrected chi connectivity index (χ4v) is 5.34. The van der Waals surface area contributed by atoms with Crippen LogP contribution >= 0.6 is 7.82 Å². The maximum absolute atomic E-state index is 13.5. The van der Waals surface area contributed by atoms with Gasteiger partial charge >= 0.3 is 13.5 Å². The number of aliphatic hydroxyl groups excluding tert-OH is 1.